The van der Waals surface area contributed by atoms with Gasteiger partial charge in [0.2, 0.25) is 0 Å². The fraction of sp³-hybridized carbons (Fsp3) is 0. The number of rotatable bonds is 6. The first-order chi connectivity index (χ1) is 25.3. The largest absolute Gasteiger partial charge is 0.310 e. The Kier molecular flexibility index (Phi) is 7.04. The van der Waals surface area contributed by atoms with Crippen molar-refractivity contribution < 1.29 is 0 Å². The van der Waals surface area contributed by atoms with E-state index in [0.29, 0.717) is 0 Å². The second-order valence-electron chi connectivity index (χ2n) is 13.0. The van der Waals surface area contributed by atoms with Crippen molar-refractivity contribution in [2.24, 2.45) is 0 Å². The first-order valence-electron chi connectivity index (χ1n) is 17.4. The van der Waals surface area contributed by atoms with Crippen LogP contribution in [0.5, 0.6) is 0 Å². The van der Waals surface area contributed by atoms with E-state index in [0.717, 1.165) is 17.1 Å². The van der Waals surface area contributed by atoms with Crippen molar-refractivity contribution in [3.8, 4) is 27.9 Å². The molecule has 0 fully saturated rings. The maximum Gasteiger partial charge on any atom is 0.0541 e. The second-order valence-corrected chi connectivity index (χ2v) is 14.1. The molecule has 0 unspecified atom stereocenters. The highest BCUT2D eigenvalue weighted by Crippen LogP contribution is 2.42. The fourth-order valence-electron chi connectivity index (χ4n) is 7.64. The van der Waals surface area contributed by atoms with Gasteiger partial charge in [-0.2, -0.15) is 0 Å². The summed E-state index contributed by atoms with van der Waals surface area (Å²) in [6.07, 6.45) is 0. The van der Waals surface area contributed by atoms with Crippen LogP contribution in [0.2, 0.25) is 0 Å². The maximum absolute atomic E-state index is 2.43. The Morgan fingerprint density at radius 2 is 1.00 bits per heavy atom. The highest BCUT2D eigenvalue weighted by molar-refractivity contribution is 7.25. The van der Waals surface area contributed by atoms with Gasteiger partial charge in [0.1, 0.15) is 0 Å². The van der Waals surface area contributed by atoms with Gasteiger partial charge in [-0.1, -0.05) is 115 Å². The quantitative estimate of drug-likeness (QED) is 0.171. The lowest BCUT2D eigenvalue weighted by Gasteiger charge is -2.27. The molecule has 10 rings (SSSR count). The molecule has 10 aromatic rings. The monoisotopic (exact) mass is 668 g/mol. The lowest BCUT2D eigenvalue weighted by atomic mass is 9.96. The molecule has 0 amide bonds. The molecule has 240 valence electrons. The zero-order valence-electron chi connectivity index (χ0n) is 27.8. The molecule has 2 heterocycles. The molecular weight excluding hydrogens is 637 g/mol. The third-order valence-electron chi connectivity index (χ3n) is 9.97. The SMILES string of the molecule is c1ccc(N(c2ccccc2)c2ccccc2-c2cccc(-c3ccc4c(c3)c3ccccc3n4-c3ccc4sc5ccccc5c4c3)c2)cc1. The first kappa shape index (κ1) is 29.5. The van der Waals surface area contributed by atoms with Gasteiger partial charge in [0.05, 0.1) is 16.7 Å². The molecule has 0 aliphatic rings. The van der Waals surface area contributed by atoms with E-state index in [9.17, 15) is 0 Å². The van der Waals surface area contributed by atoms with E-state index in [-0.39, 0.29) is 0 Å². The van der Waals surface area contributed by atoms with Crippen LogP contribution in [0.15, 0.2) is 194 Å². The predicted molar refractivity (Wildman–Crippen MR) is 219 cm³/mol. The van der Waals surface area contributed by atoms with E-state index < -0.39 is 0 Å². The van der Waals surface area contributed by atoms with Crippen molar-refractivity contribution in [3.63, 3.8) is 0 Å². The van der Waals surface area contributed by atoms with Gasteiger partial charge in [0.25, 0.3) is 0 Å². The molecule has 0 aliphatic heterocycles. The Morgan fingerprint density at radius 1 is 0.373 bits per heavy atom. The summed E-state index contributed by atoms with van der Waals surface area (Å²) in [7, 11) is 0. The van der Waals surface area contributed by atoms with Gasteiger partial charge in [0, 0.05) is 53.6 Å². The average Bonchev–Trinajstić information content (AvgIpc) is 3.74. The number of aromatic nitrogens is 1. The molecule has 0 N–H and O–H groups in total. The number of hydrogen-bond acceptors (Lipinski definition) is 2. The van der Waals surface area contributed by atoms with E-state index in [1.807, 2.05) is 11.3 Å². The topological polar surface area (TPSA) is 8.17 Å². The Hall–Kier alpha value is -6.42. The Morgan fingerprint density at radius 3 is 1.82 bits per heavy atom. The summed E-state index contributed by atoms with van der Waals surface area (Å²) in [5.74, 6) is 0. The minimum Gasteiger partial charge on any atom is -0.310 e. The van der Waals surface area contributed by atoms with Gasteiger partial charge in [-0.05, 0) is 95.6 Å². The van der Waals surface area contributed by atoms with E-state index in [4.69, 9.17) is 0 Å². The van der Waals surface area contributed by atoms with Crippen molar-refractivity contribution >= 4 is 70.4 Å². The summed E-state index contributed by atoms with van der Waals surface area (Å²) in [4.78, 5) is 2.35. The number of fused-ring (bicyclic) bond motifs is 6. The van der Waals surface area contributed by atoms with Crippen LogP contribution in [-0.4, -0.2) is 4.57 Å². The number of hydrogen-bond donors (Lipinski definition) is 0. The number of thiophene rings is 1. The zero-order chi connectivity index (χ0) is 33.7. The minimum absolute atomic E-state index is 1.13. The molecule has 8 aromatic carbocycles. The van der Waals surface area contributed by atoms with Crippen molar-refractivity contribution in [1.82, 2.24) is 4.57 Å². The summed E-state index contributed by atoms with van der Waals surface area (Å²) in [5.41, 5.74) is 11.8. The van der Waals surface area contributed by atoms with Crippen LogP contribution in [0.4, 0.5) is 17.1 Å². The minimum atomic E-state index is 1.13. The lowest BCUT2D eigenvalue weighted by molar-refractivity contribution is 1.19. The third-order valence-corrected chi connectivity index (χ3v) is 11.1. The summed E-state index contributed by atoms with van der Waals surface area (Å²) in [6.45, 7) is 0. The summed E-state index contributed by atoms with van der Waals surface area (Å²) in [6, 6.07) is 70.3. The zero-order valence-corrected chi connectivity index (χ0v) is 28.6. The van der Waals surface area contributed by atoms with Crippen LogP contribution in [0, 0.1) is 0 Å². The molecular formula is C48H32N2S. The van der Waals surface area contributed by atoms with E-state index >= 15 is 0 Å². The molecule has 0 aliphatic carbocycles. The predicted octanol–water partition coefficient (Wildman–Crippen LogP) is 14.0. The molecule has 0 saturated carbocycles. The Bertz CT molecular complexity index is 2830. The van der Waals surface area contributed by atoms with Crippen LogP contribution in [-0.2, 0) is 0 Å². The van der Waals surface area contributed by atoms with Gasteiger partial charge in [-0.3, -0.25) is 0 Å². The first-order valence-corrected chi connectivity index (χ1v) is 18.2. The maximum atomic E-state index is 2.43. The van der Waals surface area contributed by atoms with Crippen LogP contribution >= 0.6 is 11.3 Å². The molecule has 0 atom stereocenters. The van der Waals surface area contributed by atoms with Gasteiger partial charge < -0.3 is 9.47 Å². The van der Waals surface area contributed by atoms with E-state index in [1.54, 1.807) is 0 Å². The molecule has 0 saturated heterocycles. The highest BCUT2D eigenvalue weighted by atomic mass is 32.1. The molecule has 2 aromatic heterocycles. The highest BCUT2D eigenvalue weighted by Gasteiger charge is 2.18. The number of benzene rings is 8. The number of nitrogens with zero attached hydrogens (tertiary/aromatic N) is 2. The molecule has 0 radical (unpaired) electrons. The second kappa shape index (κ2) is 12.2. The van der Waals surface area contributed by atoms with Crippen molar-refractivity contribution in [2.75, 3.05) is 4.90 Å². The van der Waals surface area contributed by atoms with Gasteiger partial charge in [-0.25, -0.2) is 0 Å². The summed E-state index contributed by atoms with van der Waals surface area (Å²) < 4.78 is 5.07. The number of anilines is 3. The van der Waals surface area contributed by atoms with E-state index in [1.165, 1.54) is 69.9 Å². The average molecular weight is 669 g/mol. The van der Waals surface area contributed by atoms with Crippen molar-refractivity contribution in [3.05, 3.63) is 194 Å². The Balaban J connectivity index is 1.10. The standard InChI is InChI=1S/C48H32N2S/c1-3-16-36(17-4-1)49(37-18-5-2-6-19-37)44-23-10-7-20-39(44)35-15-13-14-33(30-35)34-26-28-46-42(31-34)40-21-8-11-24-45(40)50(46)38-27-29-48-43(32-38)41-22-9-12-25-47(41)51-48/h1-32H. The molecule has 3 heteroatoms. The van der Waals surface area contributed by atoms with Crippen LogP contribution in [0.25, 0.3) is 69.9 Å². The molecule has 51 heavy (non-hydrogen) atoms. The molecule has 0 bridgehead atoms. The lowest BCUT2D eigenvalue weighted by Crippen LogP contribution is -2.10. The summed E-state index contributed by atoms with van der Waals surface area (Å²) in [5, 5.41) is 5.14. The van der Waals surface area contributed by atoms with Crippen molar-refractivity contribution in [1.29, 1.82) is 0 Å². The number of para-hydroxylation sites is 4. The van der Waals surface area contributed by atoms with Crippen LogP contribution in [0.3, 0.4) is 0 Å². The molecule has 0 spiro atoms. The normalized spacial score (nSPS) is 11.5. The Labute approximate surface area is 300 Å². The fourth-order valence-corrected chi connectivity index (χ4v) is 8.73. The van der Waals surface area contributed by atoms with Gasteiger partial charge >= 0.3 is 0 Å². The van der Waals surface area contributed by atoms with Crippen molar-refractivity contribution in [2.45, 2.75) is 0 Å². The van der Waals surface area contributed by atoms with Crippen LogP contribution in [0.1, 0.15) is 0 Å². The molecule has 2 nitrogen and oxygen atoms in total. The van der Waals surface area contributed by atoms with E-state index in [2.05, 4.69) is 204 Å². The smallest absolute Gasteiger partial charge is 0.0541 e. The summed E-state index contributed by atoms with van der Waals surface area (Å²) >= 11 is 1.86. The van der Waals surface area contributed by atoms with Gasteiger partial charge in [0.15, 0.2) is 0 Å². The third kappa shape index (κ3) is 5.01. The van der Waals surface area contributed by atoms with Gasteiger partial charge in [-0.15, -0.1) is 11.3 Å². The van der Waals surface area contributed by atoms with Crippen LogP contribution < -0.4 is 4.90 Å².